The first-order chi connectivity index (χ1) is 11.2. The predicted octanol–water partition coefficient (Wildman–Crippen LogP) is 2.10. The molecule has 126 valence electrons. The van der Waals surface area contributed by atoms with Crippen LogP contribution in [0.15, 0.2) is 39.8 Å². The molecule has 1 aromatic carbocycles. The largest absolute Gasteiger partial charge is 0.448 e. The highest BCUT2D eigenvalue weighted by molar-refractivity contribution is 7.88. The summed E-state index contributed by atoms with van der Waals surface area (Å²) in [6, 6.07) is 8.19. The van der Waals surface area contributed by atoms with E-state index in [1.807, 2.05) is 0 Å². The van der Waals surface area contributed by atoms with Gasteiger partial charge in [0.05, 0.1) is 5.56 Å². The van der Waals surface area contributed by atoms with Gasteiger partial charge in [0.15, 0.2) is 0 Å². The maximum Gasteiger partial charge on any atom is 0.275 e. The molecule has 0 fully saturated rings. The van der Waals surface area contributed by atoms with Gasteiger partial charge in [0.25, 0.3) is 15.9 Å². The topological polar surface area (TPSA) is 70.8 Å². The second kappa shape index (κ2) is 6.51. The molecule has 24 heavy (non-hydrogen) atoms. The van der Waals surface area contributed by atoms with E-state index in [2.05, 4.69) is 5.92 Å². The van der Waals surface area contributed by atoms with Crippen LogP contribution in [0.5, 0.6) is 0 Å². The number of sulfonamides is 1. The molecular formula is C17H18N2O4S. The standard InChI is InChI=1S/C17H18N2O4S/c1-6-13-8-7-9-14(10-13)19(5)17(20)15-11-16(23-12(15)2)24(21,22)18(3)4/h1,7-11H,2-5H3. The summed E-state index contributed by atoms with van der Waals surface area (Å²) in [6.07, 6.45) is 5.37. The Balaban J connectivity index is 2.40. The van der Waals surface area contributed by atoms with E-state index in [0.29, 0.717) is 11.3 Å². The average molecular weight is 346 g/mol. The van der Waals surface area contributed by atoms with Gasteiger partial charge >= 0.3 is 0 Å². The zero-order chi connectivity index (χ0) is 18.1. The van der Waals surface area contributed by atoms with Crippen LogP contribution in [0.2, 0.25) is 0 Å². The van der Waals surface area contributed by atoms with Gasteiger partial charge in [-0.25, -0.2) is 12.7 Å². The minimum Gasteiger partial charge on any atom is -0.448 e. The second-order valence-corrected chi connectivity index (χ2v) is 7.46. The van der Waals surface area contributed by atoms with Crippen molar-refractivity contribution in [1.29, 1.82) is 0 Å². The first-order valence-corrected chi connectivity index (χ1v) is 8.50. The lowest BCUT2D eigenvalue weighted by molar-refractivity contribution is 0.0991. The quantitative estimate of drug-likeness (QED) is 0.795. The number of hydrogen-bond donors (Lipinski definition) is 0. The summed E-state index contributed by atoms with van der Waals surface area (Å²) in [4.78, 5) is 14.1. The van der Waals surface area contributed by atoms with Crippen LogP contribution in [-0.2, 0) is 10.0 Å². The SMILES string of the molecule is C#Cc1cccc(N(C)C(=O)c2cc(S(=O)(=O)N(C)C)oc2C)c1. The van der Waals surface area contributed by atoms with Crippen LogP contribution < -0.4 is 4.90 Å². The Morgan fingerprint density at radius 2 is 1.88 bits per heavy atom. The Morgan fingerprint density at radius 1 is 1.21 bits per heavy atom. The Labute approximate surface area is 141 Å². The molecule has 0 atom stereocenters. The third-order valence-electron chi connectivity index (χ3n) is 3.57. The van der Waals surface area contributed by atoms with Crippen molar-refractivity contribution in [3.63, 3.8) is 0 Å². The predicted molar refractivity (Wildman–Crippen MR) is 91.4 cm³/mol. The van der Waals surface area contributed by atoms with Crippen molar-refractivity contribution in [2.75, 3.05) is 26.0 Å². The van der Waals surface area contributed by atoms with Crippen LogP contribution in [0.25, 0.3) is 0 Å². The monoisotopic (exact) mass is 346 g/mol. The number of nitrogens with zero attached hydrogens (tertiary/aromatic N) is 2. The van der Waals surface area contributed by atoms with Crippen molar-refractivity contribution in [2.24, 2.45) is 0 Å². The second-order valence-electron chi connectivity index (χ2n) is 5.38. The number of amides is 1. The van der Waals surface area contributed by atoms with E-state index in [9.17, 15) is 13.2 Å². The van der Waals surface area contributed by atoms with Crippen LogP contribution in [0, 0.1) is 19.3 Å². The maximum atomic E-state index is 12.7. The lowest BCUT2D eigenvalue weighted by Crippen LogP contribution is -2.26. The number of rotatable bonds is 4. The summed E-state index contributed by atoms with van der Waals surface area (Å²) in [5.74, 6) is 2.36. The fourth-order valence-corrected chi connectivity index (χ4v) is 2.93. The molecule has 1 amide bonds. The molecule has 7 heteroatoms. The van der Waals surface area contributed by atoms with E-state index >= 15 is 0 Å². The van der Waals surface area contributed by atoms with Crippen LogP contribution in [-0.4, -0.2) is 39.8 Å². The van der Waals surface area contributed by atoms with Gasteiger partial charge in [-0.15, -0.1) is 6.42 Å². The lowest BCUT2D eigenvalue weighted by Gasteiger charge is -2.17. The zero-order valence-electron chi connectivity index (χ0n) is 13.9. The Kier molecular flexibility index (Phi) is 4.83. The van der Waals surface area contributed by atoms with E-state index in [4.69, 9.17) is 10.8 Å². The number of anilines is 1. The zero-order valence-corrected chi connectivity index (χ0v) is 14.7. The highest BCUT2D eigenvalue weighted by Gasteiger charge is 2.27. The molecule has 0 bridgehead atoms. The van der Waals surface area contributed by atoms with Gasteiger partial charge < -0.3 is 9.32 Å². The fraction of sp³-hybridized carbons (Fsp3) is 0.235. The van der Waals surface area contributed by atoms with Gasteiger partial charge in [0.1, 0.15) is 5.76 Å². The Morgan fingerprint density at radius 3 is 2.46 bits per heavy atom. The van der Waals surface area contributed by atoms with Crippen molar-refractivity contribution in [2.45, 2.75) is 12.0 Å². The molecule has 1 heterocycles. The summed E-state index contributed by atoms with van der Waals surface area (Å²) in [6.45, 7) is 1.55. The van der Waals surface area contributed by atoms with Gasteiger partial charge in [-0.1, -0.05) is 12.0 Å². The van der Waals surface area contributed by atoms with Crippen molar-refractivity contribution in [3.8, 4) is 12.3 Å². The molecule has 2 rings (SSSR count). The molecule has 0 aliphatic rings. The number of carbonyl (C=O) groups is 1. The summed E-state index contributed by atoms with van der Waals surface area (Å²) >= 11 is 0. The average Bonchev–Trinajstić information content (AvgIpc) is 2.95. The Hall–Kier alpha value is -2.56. The molecule has 0 radical (unpaired) electrons. The molecule has 1 aromatic heterocycles. The third kappa shape index (κ3) is 3.20. The summed E-state index contributed by atoms with van der Waals surface area (Å²) in [7, 11) is 0.634. The molecule has 0 unspecified atom stereocenters. The highest BCUT2D eigenvalue weighted by Crippen LogP contribution is 2.24. The molecule has 0 saturated heterocycles. The molecular weight excluding hydrogens is 328 g/mol. The molecule has 6 nitrogen and oxygen atoms in total. The smallest absolute Gasteiger partial charge is 0.275 e. The molecule has 0 saturated carbocycles. The third-order valence-corrected chi connectivity index (χ3v) is 5.24. The van der Waals surface area contributed by atoms with E-state index in [1.54, 1.807) is 38.2 Å². The minimum atomic E-state index is -3.74. The van der Waals surface area contributed by atoms with Crippen molar-refractivity contribution < 1.29 is 17.6 Å². The number of hydrogen-bond acceptors (Lipinski definition) is 4. The number of terminal acetylenes is 1. The molecule has 2 aromatic rings. The van der Waals surface area contributed by atoms with Crippen LogP contribution in [0.3, 0.4) is 0 Å². The maximum absolute atomic E-state index is 12.7. The van der Waals surface area contributed by atoms with Gasteiger partial charge in [-0.2, -0.15) is 0 Å². The first-order valence-electron chi connectivity index (χ1n) is 7.06. The first kappa shape index (κ1) is 17.8. The van der Waals surface area contributed by atoms with Crippen molar-refractivity contribution in [3.05, 3.63) is 47.2 Å². The highest BCUT2D eigenvalue weighted by atomic mass is 32.2. The van der Waals surface area contributed by atoms with E-state index in [1.165, 1.54) is 25.1 Å². The van der Waals surface area contributed by atoms with Crippen LogP contribution >= 0.6 is 0 Å². The number of furan rings is 1. The molecule has 0 aliphatic carbocycles. The molecule has 0 aliphatic heterocycles. The van der Waals surface area contributed by atoms with Gasteiger partial charge in [0.2, 0.25) is 5.09 Å². The fourth-order valence-electron chi connectivity index (χ4n) is 2.08. The number of benzene rings is 1. The van der Waals surface area contributed by atoms with Crippen LogP contribution in [0.1, 0.15) is 21.7 Å². The van der Waals surface area contributed by atoms with Crippen LogP contribution in [0.4, 0.5) is 5.69 Å². The van der Waals surface area contributed by atoms with Gasteiger partial charge in [-0.05, 0) is 25.1 Å². The summed E-state index contributed by atoms with van der Waals surface area (Å²) in [5, 5.41) is -0.265. The van der Waals surface area contributed by atoms with E-state index in [0.717, 1.165) is 4.31 Å². The molecule has 0 N–H and O–H groups in total. The van der Waals surface area contributed by atoms with Gasteiger partial charge in [0, 0.05) is 38.5 Å². The number of carbonyl (C=O) groups excluding carboxylic acids is 1. The number of aryl methyl sites for hydroxylation is 1. The lowest BCUT2D eigenvalue weighted by atomic mass is 10.1. The molecule has 0 spiro atoms. The van der Waals surface area contributed by atoms with Crippen molar-refractivity contribution >= 4 is 21.6 Å². The van der Waals surface area contributed by atoms with Crippen molar-refractivity contribution in [1.82, 2.24) is 4.31 Å². The minimum absolute atomic E-state index is 0.184. The van der Waals surface area contributed by atoms with E-state index < -0.39 is 10.0 Å². The Bertz CT molecular complexity index is 920. The summed E-state index contributed by atoms with van der Waals surface area (Å²) in [5.41, 5.74) is 1.43. The van der Waals surface area contributed by atoms with Gasteiger partial charge in [-0.3, -0.25) is 4.79 Å². The summed E-state index contributed by atoms with van der Waals surface area (Å²) < 4.78 is 30.6. The van der Waals surface area contributed by atoms with E-state index in [-0.39, 0.29) is 22.3 Å². The normalized spacial score (nSPS) is 11.3.